The molecule has 0 radical (unpaired) electrons. The summed E-state index contributed by atoms with van der Waals surface area (Å²) in [4.78, 5) is 72.9. The highest BCUT2D eigenvalue weighted by Gasteiger charge is 2.30. The zero-order valence-corrected chi connectivity index (χ0v) is 21.8. The molecular weight excluding hydrogens is 510 g/mol. The maximum absolute atomic E-state index is 13.1. The van der Waals surface area contributed by atoms with Crippen LogP contribution < -0.4 is 38.9 Å². The van der Waals surface area contributed by atoms with E-state index in [1.807, 2.05) is 0 Å². The second-order valence-corrected chi connectivity index (χ2v) is 9.11. The van der Waals surface area contributed by atoms with Crippen molar-refractivity contribution in [1.82, 2.24) is 16.0 Å². The van der Waals surface area contributed by atoms with Crippen LogP contribution in [0.2, 0.25) is 0 Å². The first-order valence-electron chi connectivity index (χ1n) is 12.6. The lowest BCUT2D eigenvalue weighted by molar-refractivity contribution is -0.142. The van der Waals surface area contributed by atoms with Crippen molar-refractivity contribution in [2.45, 2.75) is 75.5 Å². The second-order valence-electron chi connectivity index (χ2n) is 9.11. The number of carboxylic acids is 1. The molecule has 12 N–H and O–H groups in total. The van der Waals surface area contributed by atoms with Gasteiger partial charge in [0.15, 0.2) is 0 Å². The Kier molecular flexibility index (Phi) is 14.8. The van der Waals surface area contributed by atoms with E-state index in [-0.39, 0.29) is 38.5 Å². The van der Waals surface area contributed by atoms with E-state index in [0.717, 1.165) is 0 Å². The molecule has 0 aliphatic carbocycles. The lowest BCUT2D eigenvalue weighted by Gasteiger charge is -2.25. The van der Waals surface area contributed by atoms with E-state index in [9.17, 15) is 33.9 Å². The fourth-order valence-electron chi connectivity index (χ4n) is 3.62. The predicted molar refractivity (Wildman–Crippen MR) is 141 cm³/mol. The van der Waals surface area contributed by atoms with Crippen LogP contribution in [0.4, 0.5) is 0 Å². The van der Waals surface area contributed by atoms with Gasteiger partial charge in [0.2, 0.25) is 29.5 Å². The summed E-state index contributed by atoms with van der Waals surface area (Å²) in [6.45, 7) is 0.342. The van der Waals surface area contributed by atoms with Crippen LogP contribution in [-0.4, -0.2) is 71.3 Å². The van der Waals surface area contributed by atoms with Gasteiger partial charge in [-0.25, -0.2) is 4.79 Å². The zero-order chi connectivity index (χ0) is 29.4. The number of carbonyl (C=O) groups is 6. The minimum absolute atomic E-state index is 0.0197. The Morgan fingerprint density at radius 1 is 0.718 bits per heavy atom. The Hall–Kier alpha value is -4.04. The number of hydrogen-bond donors (Lipinski definition) is 8. The van der Waals surface area contributed by atoms with Gasteiger partial charge in [-0.15, -0.1) is 0 Å². The van der Waals surface area contributed by atoms with Crippen LogP contribution >= 0.6 is 0 Å². The molecule has 14 heteroatoms. The fourth-order valence-corrected chi connectivity index (χ4v) is 3.62. The highest BCUT2D eigenvalue weighted by Crippen LogP contribution is 2.08. The smallest absolute Gasteiger partial charge is 0.326 e. The number of benzene rings is 1. The number of amides is 5. The molecule has 4 unspecified atom stereocenters. The first-order valence-corrected chi connectivity index (χ1v) is 12.6. The van der Waals surface area contributed by atoms with Crippen LogP contribution in [0.25, 0.3) is 0 Å². The van der Waals surface area contributed by atoms with Gasteiger partial charge in [-0.1, -0.05) is 30.3 Å². The Bertz CT molecular complexity index is 990. The minimum atomic E-state index is -1.28. The van der Waals surface area contributed by atoms with Crippen LogP contribution in [0.15, 0.2) is 30.3 Å². The molecule has 4 atom stereocenters. The summed E-state index contributed by atoms with van der Waals surface area (Å²) >= 11 is 0. The van der Waals surface area contributed by atoms with Gasteiger partial charge < -0.3 is 44.0 Å². The van der Waals surface area contributed by atoms with Crippen LogP contribution in [-0.2, 0) is 35.2 Å². The first kappa shape index (κ1) is 33.0. The van der Waals surface area contributed by atoms with E-state index in [4.69, 9.17) is 22.9 Å². The quantitative estimate of drug-likeness (QED) is 0.0865. The third-order valence-electron chi connectivity index (χ3n) is 5.83. The Morgan fingerprint density at radius 3 is 1.77 bits per heavy atom. The van der Waals surface area contributed by atoms with Gasteiger partial charge in [0.25, 0.3) is 0 Å². The predicted octanol–water partition coefficient (Wildman–Crippen LogP) is -2.24. The summed E-state index contributed by atoms with van der Waals surface area (Å²) in [5, 5.41) is 17.1. The maximum Gasteiger partial charge on any atom is 0.326 e. The molecule has 14 nitrogen and oxygen atoms in total. The third-order valence-corrected chi connectivity index (χ3v) is 5.83. The number of hydrogen-bond acceptors (Lipinski definition) is 8. The van der Waals surface area contributed by atoms with Crippen molar-refractivity contribution in [2.75, 3.05) is 6.54 Å². The standard InChI is InChI=1S/C25H39N7O7/c26-13-5-4-8-17(23(36)32-19(25(38)39)14-15-6-2-1-3-7-15)31-24(37)18(10-12-21(29)34)30-22(35)16(27)9-11-20(28)33/h1-3,6-7,16-19H,4-5,8-14,26-27H2,(H2,28,33)(H2,29,34)(H,30,35)(H,31,37)(H,32,36)(H,38,39). The largest absolute Gasteiger partial charge is 0.480 e. The van der Waals surface area contributed by atoms with Crippen LogP contribution in [0, 0.1) is 0 Å². The molecule has 0 saturated heterocycles. The highest BCUT2D eigenvalue weighted by molar-refractivity contribution is 5.94. The summed E-state index contributed by atoms with van der Waals surface area (Å²) in [6.07, 6.45) is 0.504. The molecule has 0 aliphatic heterocycles. The minimum Gasteiger partial charge on any atom is -0.480 e. The van der Waals surface area contributed by atoms with Crippen molar-refractivity contribution in [1.29, 1.82) is 0 Å². The van der Waals surface area contributed by atoms with Gasteiger partial charge in [-0.3, -0.25) is 24.0 Å². The summed E-state index contributed by atoms with van der Waals surface area (Å²) in [5.41, 5.74) is 22.3. The molecule has 0 heterocycles. The number of primary amides is 2. The number of nitrogens with one attached hydrogen (secondary N) is 3. The number of rotatable bonds is 19. The van der Waals surface area contributed by atoms with E-state index < -0.39 is 59.7 Å². The highest BCUT2D eigenvalue weighted by atomic mass is 16.4. The van der Waals surface area contributed by atoms with Crippen molar-refractivity contribution < 1.29 is 33.9 Å². The van der Waals surface area contributed by atoms with Crippen LogP contribution in [0.5, 0.6) is 0 Å². The molecule has 1 rings (SSSR count). The first-order chi connectivity index (χ1) is 18.4. The van der Waals surface area contributed by atoms with Crippen molar-refractivity contribution in [3.63, 3.8) is 0 Å². The molecule has 0 saturated carbocycles. The van der Waals surface area contributed by atoms with Crippen molar-refractivity contribution in [3.8, 4) is 0 Å². The molecule has 0 aliphatic rings. The van der Waals surface area contributed by atoms with E-state index >= 15 is 0 Å². The average molecular weight is 550 g/mol. The molecule has 39 heavy (non-hydrogen) atoms. The molecule has 5 amide bonds. The topological polar surface area (TPSA) is 263 Å². The Balaban J connectivity index is 3.02. The third kappa shape index (κ3) is 13.4. The number of carbonyl (C=O) groups excluding carboxylic acids is 5. The van der Waals surface area contributed by atoms with E-state index in [1.165, 1.54) is 0 Å². The summed E-state index contributed by atoms with van der Waals surface area (Å²) in [6, 6.07) is 3.86. The summed E-state index contributed by atoms with van der Waals surface area (Å²) < 4.78 is 0. The normalized spacial score (nSPS) is 13.8. The van der Waals surface area contributed by atoms with Gasteiger partial charge in [0.05, 0.1) is 6.04 Å². The van der Waals surface area contributed by atoms with Gasteiger partial charge in [0.1, 0.15) is 18.1 Å². The average Bonchev–Trinajstić information content (AvgIpc) is 2.88. The molecule has 0 bridgehead atoms. The molecule has 0 fully saturated rings. The Labute approximate surface area is 226 Å². The molecular formula is C25H39N7O7. The lowest BCUT2D eigenvalue weighted by Crippen LogP contribution is -2.57. The van der Waals surface area contributed by atoms with Crippen molar-refractivity contribution >= 4 is 35.5 Å². The Morgan fingerprint density at radius 2 is 1.23 bits per heavy atom. The maximum atomic E-state index is 13.1. The summed E-state index contributed by atoms with van der Waals surface area (Å²) in [5.74, 6) is -4.92. The molecule has 0 spiro atoms. The number of unbranched alkanes of at least 4 members (excludes halogenated alkanes) is 1. The van der Waals surface area contributed by atoms with Gasteiger partial charge >= 0.3 is 5.97 Å². The van der Waals surface area contributed by atoms with Gasteiger partial charge in [-0.2, -0.15) is 0 Å². The van der Waals surface area contributed by atoms with E-state index in [1.54, 1.807) is 30.3 Å². The SMILES string of the molecule is NCCCCC(NC(=O)C(CCC(N)=O)NC(=O)C(N)CCC(N)=O)C(=O)NC(Cc1ccccc1)C(=O)O. The molecule has 0 aromatic heterocycles. The van der Waals surface area contributed by atoms with Crippen molar-refractivity contribution in [3.05, 3.63) is 35.9 Å². The molecule has 216 valence electrons. The van der Waals surface area contributed by atoms with Crippen LogP contribution in [0.1, 0.15) is 50.5 Å². The number of aliphatic carboxylic acids is 1. The molecule has 1 aromatic carbocycles. The monoisotopic (exact) mass is 549 g/mol. The lowest BCUT2D eigenvalue weighted by atomic mass is 10.0. The number of nitrogens with two attached hydrogens (primary N) is 4. The van der Waals surface area contributed by atoms with E-state index in [2.05, 4.69) is 16.0 Å². The number of carboxylic acid groups (broad SMARTS) is 1. The second kappa shape index (κ2) is 17.5. The fraction of sp³-hybridized carbons (Fsp3) is 0.520. The van der Waals surface area contributed by atoms with Crippen molar-refractivity contribution in [2.24, 2.45) is 22.9 Å². The summed E-state index contributed by atoms with van der Waals surface area (Å²) in [7, 11) is 0. The van der Waals surface area contributed by atoms with E-state index in [0.29, 0.717) is 24.9 Å². The van der Waals surface area contributed by atoms with Gasteiger partial charge in [-0.05, 0) is 44.2 Å². The van der Waals surface area contributed by atoms with Crippen LogP contribution in [0.3, 0.4) is 0 Å². The zero-order valence-electron chi connectivity index (χ0n) is 21.8. The molecule has 1 aromatic rings. The van der Waals surface area contributed by atoms with Gasteiger partial charge in [0, 0.05) is 19.3 Å².